The Kier molecular flexibility index (Phi) is 6.93. The molecule has 0 aliphatic carbocycles. The van der Waals surface area contributed by atoms with Crippen LogP contribution in [0.5, 0.6) is 0 Å². The zero-order valence-electron chi connectivity index (χ0n) is 19.1. The number of fused-ring (bicyclic) bond motifs is 3. The number of nitrogens with one attached hydrogen (secondary N) is 2. The Morgan fingerprint density at radius 2 is 1.84 bits per heavy atom. The van der Waals surface area contributed by atoms with E-state index in [1.165, 1.54) is 60.3 Å². The van der Waals surface area contributed by atoms with Crippen molar-refractivity contribution in [2.75, 3.05) is 36.8 Å². The third-order valence-corrected chi connectivity index (χ3v) is 7.35. The Morgan fingerprint density at radius 1 is 1.06 bits per heavy atom. The molecule has 0 aromatic heterocycles. The third-order valence-electron chi connectivity index (χ3n) is 7.12. The Hall–Kier alpha value is -1.97. The van der Waals surface area contributed by atoms with Gasteiger partial charge in [0.05, 0.1) is 0 Å². The van der Waals surface area contributed by atoms with E-state index in [2.05, 4.69) is 52.4 Å². The van der Waals surface area contributed by atoms with Crippen molar-refractivity contribution in [3.8, 4) is 0 Å². The highest BCUT2D eigenvalue weighted by molar-refractivity contribution is 6.30. The van der Waals surface area contributed by atoms with Gasteiger partial charge < -0.3 is 15.5 Å². The maximum absolute atomic E-state index is 6.30. The van der Waals surface area contributed by atoms with Gasteiger partial charge in [0.25, 0.3) is 0 Å². The predicted octanol–water partition coefficient (Wildman–Crippen LogP) is 6.63. The lowest BCUT2D eigenvalue weighted by Gasteiger charge is -2.40. The summed E-state index contributed by atoms with van der Waals surface area (Å²) in [5.41, 5.74) is 8.06. The Labute approximate surface area is 192 Å². The molecule has 31 heavy (non-hydrogen) atoms. The lowest BCUT2D eigenvalue weighted by molar-refractivity contribution is 0.179. The maximum atomic E-state index is 6.30. The summed E-state index contributed by atoms with van der Waals surface area (Å²) in [4.78, 5) is 2.63. The van der Waals surface area contributed by atoms with Crippen LogP contribution >= 0.6 is 11.6 Å². The Bertz CT molecular complexity index is 928. The topological polar surface area (TPSA) is 27.3 Å². The Balaban J connectivity index is 0.00000112. The lowest BCUT2D eigenvalue weighted by atomic mass is 9.72. The highest BCUT2D eigenvalue weighted by Gasteiger charge is 2.44. The van der Waals surface area contributed by atoms with Gasteiger partial charge >= 0.3 is 0 Å². The first-order valence-corrected chi connectivity index (χ1v) is 12.4. The van der Waals surface area contributed by atoms with Gasteiger partial charge in [0.2, 0.25) is 0 Å². The molecule has 1 saturated heterocycles. The summed E-state index contributed by atoms with van der Waals surface area (Å²) in [5, 5.41) is 7.84. The molecule has 0 radical (unpaired) electrons. The van der Waals surface area contributed by atoms with Crippen molar-refractivity contribution in [1.29, 1.82) is 0 Å². The molecule has 1 spiro atoms. The third kappa shape index (κ3) is 4.49. The van der Waals surface area contributed by atoms with Crippen molar-refractivity contribution in [3.63, 3.8) is 0 Å². The molecule has 5 rings (SSSR count). The van der Waals surface area contributed by atoms with Crippen LogP contribution in [0.15, 0.2) is 48.7 Å². The number of hydrogen-bond acceptors (Lipinski definition) is 3. The molecule has 3 nitrogen and oxygen atoms in total. The molecule has 3 aliphatic heterocycles. The highest BCUT2D eigenvalue weighted by atomic mass is 35.5. The fourth-order valence-corrected chi connectivity index (χ4v) is 5.56. The number of rotatable bonds is 4. The van der Waals surface area contributed by atoms with Gasteiger partial charge in [-0.3, -0.25) is 0 Å². The fourth-order valence-electron chi connectivity index (χ4n) is 5.39. The maximum Gasteiger partial charge on any atom is 0.0425 e. The van der Waals surface area contributed by atoms with Crippen LogP contribution in [-0.4, -0.2) is 31.1 Å². The van der Waals surface area contributed by atoms with E-state index < -0.39 is 0 Å². The van der Waals surface area contributed by atoms with Crippen molar-refractivity contribution in [2.45, 2.75) is 57.8 Å². The van der Waals surface area contributed by atoms with Crippen molar-refractivity contribution in [2.24, 2.45) is 0 Å². The smallest absolute Gasteiger partial charge is 0.0425 e. The van der Waals surface area contributed by atoms with Gasteiger partial charge in [-0.25, -0.2) is 0 Å². The number of piperidine rings is 1. The normalized spacial score (nSPS) is 19.0. The minimum Gasteiger partial charge on any atom is -0.385 e. The van der Waals surface area contributed by atoms with Gasteiger partial charge in [0.1, 0.15) is 0 Å². The number of halogens is 1. The second-order valence-electron chi connectivity index (χ2n) is 8.84. The van der Waals surface area contributed by atoms with E-state index in [-0.39, 0.29) is 5.41 Å². The minimum absolute atomic E-state index is 0.0578. The van der Waals surface area contributed by atoms with Crippen LogP contribution in [0, 0.1) is 0 Å². The molecular formula is C27H36ClN3. The van der Waals surface area contributed by atoms with Crippen LogP contribution in [-0.2, 0) is 18.3 Å². The molecule has 0 saturated carbocycles. The van der Waals surface area contributed by atoms with Gasteiger partial charge in [0, 0.05) is 34.1 Å². The number of likely N-dealkylation sites (tertiary alicyclic amines) is 1. The minimum atomic E-state index is 0.0578. The quantitative estimate of drug-likeness (QED) is 0.562. The van der Waals surface area contributed by atoms with E-state index >= 15 is 0 Å². The van der Waals surface area contributed by atoms with Gasteiger partial charge in [-0.1, -0.05) is 44.2 Å². The summed E-state index contributed by atoms with van der Waals surface area (Å²) in [7, 11) is 0. The summed E-state index contributed by atoms with van der Waals surface area (Å²) in [6, 6.07) is 13.2. The molecule has 2 aromatic rings. The van der Waals surface area contributed by atoms with Gasteiger partial charge in [-0.15, -0.1) is 0 Å². The molecule has 1 fully saturated rings. The first kappa shape index (κ1) is 22.2. The van der Waals surface area contributed by atoms with Crippen LogP contribution in [0.1, 0.15) is 56.2 Å². The second-order valence-corrected chi connectivity index (χ2v) is 9.28. The second kappa shape index (κ2) is 9.67. The van der Waals surface area contributed by atoms with Gasteiger partial charge in [0.15, 0.2) is 0 Å². The molecule has 0 bridgehead atoms. The number of benzene rings is 2. The van der Waals surface area contributed by atoms with Crippen molar-refractivity contribution < 1.29 is 0 Å². The van der Waals surface area contributed by atoms with Crippen LogP contribution in [0.4, 0.5) is 11.4 Å². The van der Waals surface area contributed by atoms with Crippen LogP contribution in [0.3, 0.4) is 0 Å². The van der Waals surface area contributed by atoms with E-state index in [1.54, 1.807) is 0 Å². The van der Waals surface area contributed by atoms with E-state index in [0.29, 0.717) is 0 Å². The van der Waals surface area contributed by atoms with E-state index in [0.717, 1.165) is 43.2 Å². The van der Waals surface area contributed by atoms with Gasteiger partial charge in [-0.2, -0.15) is 0 Å². The molecule has 2 N–H and O–H groups in total. The summed E-state index contributed by atoms with van der Waals surface area (Å²) < 4.78 is 0. The number of aryl methyl sites for hydroxylation is 2. The molecule has 4 heteroatoms. The molecule has 166 valence electrons. The average molecular weight is 438 g/mol. The summed E-state index contributed by atoms with van der Waals surface area (Å²) in [5.74, 6) is 0. The molecule has 3 aliphatic rings. The van der Waals surface area contributed by atoms with Crippen LogP contribution in [0.2, 0.25) is 5.02 Å². The zero-order valence-corrected chi connectivity index (χ0v) is 19.8. The molecule has 0 atom stereocenters. The monoisotopic (exact) mass is 437 g/mol. The van der Waals surface area contributed by atoms with Crippen molar-refractivity contribution in [1.82, 2.24) is 4.90 Å². The molecule has 2 aromatic carbocycles. The van der Waals surface area contributed by atoms with Crippen molar-refractivity contribution in [3.05, 3.63) is 70.4 Å². The Morgan fingerprint density at radius 3 is 2.65 bits per heavy atom. The largest absolute Gasteiger partial charge is 0.385 e. The average Bonchev–Trinajstić information content (AvgIpc) is 3.07. The molecule has 0 amide bonds. The highest BCUT2D eigenvalue weighted by Crippen LogP contribution is 2.50. The number of nitrogens with zero attached hydrogens (tertiary/aromatic N) is 1. The standard InChI is InChI=1S/C25H30ClN3.C2H6/c1-18-25(22-17-21(26)7-9-24(22)28-18)10-14-29(15-11-25)13-3-4-19-6-8-23-20(16-19)5-2-12-27-23;1-2/h6-9,16-17,27-28H,1-5,10-15H2;1-2H3. The first-order valence-electron chi connectivity index (χ1n) is 12.0. The number of anilines is 2. The summed E-state index contributed by atoms with van der Waals surface area (Å²) >= 11 is 6.30. The predicted molar refractivity (Wildman–Crippen MR) is 134 cm³/mol. The zero-order chi connectivity index (χ0) is 21.8. The van der Waals surface area contributed by atoms with Crippen LogP contribution < -0.4 is 10.6 Å². The van der Waals surface area contributed by atoms with Crippen molar-refractivity contribution >= 4 is 23.0 Å². The molecule has 0 unspecified atom stereocenters. The van der Waals surface area contributed by atoms with E-state index in [9.17, 15) is 0 Å². The van der Waals surface area contributed by atoms with E-state index in [4.69, 9.17) is 11.6 Å². The summed E-state index contributed by atoms with van der Waals surface area (Å²) in [6.07, 6.45) is 7.10. The SMILES string of the molecule is C=C1Nc2ccc(Cl)cc2C12CCN(CCCc1ccc3c(c1)CCCN3)CC2.CC. The fraction of sp³-hybridized carbons (Fsp3) is 0.481. The van der Waals surface area contributed by atoms with Crippen LogP contribution in [0.25, 0.3) is 0 Å². The van der Waals surface area contributed by atoms with Gasteiger partial charge in [-0.05, 0) is 99.1 Å². The number of hydrogen-bond donors (Lipinski definition) is 2. The molecular weight excluding hydrogens is 402 g/mol. The lowest BCUT2D eigenvalue weighted by Crippen LogP contribution is -2.43. The molecule has 3 heterocycles. The first-order chi connectivity index (χ1) is 15.1. The van der Waals surface area contributed by atoms with E-state index in [1.807, 2.05) is 19.9 Å². The summed E-state index contributed by atoms with van der Waals surface area (Å²) in [6.45, 7) is 12.9. The number of allylic oxidation sites excluding steroid dienone is 1.